The molecule has 0 amide bonds. The van der Waals surface area contributed by atoms with Crippen molar-refractivity contribution in [3.63, 3.8) is 0 Å². The number of phenolic OH excluding ortho intramolecular Hbond substituents is 1. The Bertz CT molecular complexity index is 1060. The van der Waals surface area contributed by atoms with Crippen LogP contribution in [-0.2, 0) is 0 Å². The van der Waals surface area contributed by atoms with Gasteiger partial charge in [0.15, 0.2) is 5.43 Å². The summed E-state index contributed by atoms with van der Waals surface area (Å²) in [7, 11) is 0. The lowest BCUT2D eigenvalue weighted by atomic mass is 10.0. The van der Waals surface area contributed by atoms with E-state index in [0.717, 1.165) is 16.7 Å². The van der Waals surface area contributed by atoms with Crippen molar-refractivity contribution in [1.29, 1.82) is 0 Å². The molecule has 24 heavy (non-hydrogen) atoms. The summed E-state index contributed by atoms with van der Waals surface area (Å²) < 4.78 is 5.80. The van der Waals surface area contributed by atoms with Gasteiger partial charge in [-0.15, -0.1) is 0 Å². The zero-order valence-electron chi connectivity index (χ0n) is 12.8. The highest BCUT2D eigenvalue weighted by Crippen LogP contribution is 2.27. The lowest BCUT2D eigenvalue weighted by molar-refractivity contribution is 0.474. The van der Waals surface area contributed by atoms with Crippen molar-refractivity contribution in [2.24, 2.45) is 0 Å². The van der Waals surface area contributed by atoms with Gasteiger partial charge in [-0.1, -0.05) is 54.6 Å². The standard InChI is InChI=1S/C21H14O3/c22-17-10-11-18-19(23)13-20(24-21(18)12-17)16-8-6-15(7-9-16)14-4-2-1-3-5-14/h1-13,22H. The van der Waals surface area contributed by atoms with Crippen LogP contribution in [-0.4, -0.2) is 5.11 Å². The van der Waals surface area contributed by atoms with Crippen LogP contribution in [0.1, 0.15) is 0 Å². The third kappa shape index (κ3) is 2.57. The summed E-state index contributed by atoms with van der Waals surface area (Å²) in [6.07, 6.45) is 0. The second-order valence-electron chi connectivity index (χ2n) is 5.60. The maximum Gasteiger partial charge on any atom is 0.193 e. The maximum absolute atomic E-state index is 12.2. The fourth-order valence-corrected chi connectivity index (χ4v) is 2.74. The summed E-state index contributed by atoms with van der Waals surface area (Å²) in [5.41, 5.74) is 3.30. The first-order valence-electron chi connectivity index (χ1n) is 7.63. The molecule has 1 heterocycles. The van der Waals surface area contributed by atoms with Crippen molar-refractivity contribution in [1.82, 2.24) is 0 Å². The predicted molar refractivity (Wildman–Crippen MR) is 95.0 cm³/mol. The van der Waals surface area contributed by atoms with Crippen molar-refractivity contribution < 1.29 is 9.52 Å². The van der Waals surface area contributed by atoms with Crippen molar-refractivity contribution in [3.8, 4) is 28.2 Å². The van der Waals surface area contributed by atoms with Gasteiger partial charge in [0.25, 0.3) is 0 Å². The van der Waals surface area contributed by atoms with E-state index in [9.17, 15) is 9.90 Å². The van der Waals surface area contributed by atoms with Crippen LogP contribution in [0.2, 0.25) is 0 Å². The molecule has 4 aromatic rings. The highest BCUT2D eigenvalue weighted by atomic mass is 16.3. The Hall–Kier alpha value is -3.33. The summed E-state index contributed by atoms with van der Waals surface area (Å²) in [5, 5.41) is 10.0. The summed E-state index contributed by atoms with van der Waals surface area (Å²) in [5.74, 6) is 0.555. The molecule has 0 radical (unpaired) electrons. The van der Waals surface area contributed by atoms with Crippen LogP contribution in [0.25, 0.3) is 33.4 Å². The second kappa shape index (κ2) is 5.70. The van der Waals surface area contributed by atoms with Crippen LogP contribution >= 0.6 is 0 Å². The molecule has 0 aliphatic heterocycles. The molecular formula is C21H14O3. The average molecular weight is 314 g/mol. The minimum atomic E-state index is -0.126. The first-order chi connectivity index (χ1) is 11.7. The van der Waals surface area contributed by atoms with Gasteiger partial charge in [0.1, 0.15) is 17.1 Å². The van der Waals surface area contributed by atoms with Gasteiger partial charge in [-0.05, 0) is 23.3 Å². The van der Waals surface area contributed by atoms with Crippen LogP contribution < -0.4 is 5.43 Å². The number of fused-ring (bicyclic) bond motifs is 1. The highest BCUT2D eigenvalue weighted by Gasteiger charge is 2.08. The largest absolute Gasteiger partial charge is 0.508 e. The fraction of sp³-hybridized carbons (Fsp3) is 0. The van der Waals surface area contributed by atoms with E-state index >= 15 is 0 Å². The van der Waals surface area contributed by atoms with E-state index in [1.54, 1.807) is 6.07 Å². The summed E-state index contributed by atoms with van der Waals surface area (Å²) in [6.45, 7) is 0. The zero-order chi connectivity index (χ0) is 16.5. The Morgan fingerprint density at radius 2 is 1.38 bits per heavy atom. The Labute approximate surface area is 138 Å². The molecule has 1 N–H and O–H groups in total. The second-order valence-corrected chi connectivity index (χ2v) is 5.60. The monoisotopic (exact) mass is 314 g/mol. The smallest absolute Gasteiger partial charge is 0.193 e. The van der Waals surface area contributed by atoms with Crippen molar-refractivity contribution >= 4 is 11.0 Å². The van der Waals surface area contributed by atoms with Gasteiger partial charge in [0, 0.05) is 17.7 Å². The van der Waals surface area contributed by atoms with Gasteiger partial charge < -0.3 is 9.52 Å². The molecular weight excluding hydrogens is 300 g/mol. The minimum Gasteiger partial charge on any atom is -0.508 e. The summed E-state index contributed by atoms with van der Waals surface area (Å²) in [4.78, 5) is 12.2. The Morgan fingerprint density at radius 3 is 2.12 bits per heavy atom. The minimum absolute atomic E-state index is 0.0715. The van der Waals surface area contributed by atoms with Crippen molar-refractivity contribution in [3.05, 3.63) is 89.1 Å². The molecule has 3 aromatic carbocycles. The molecule has 116 valence electrons. The molecule has 0 bridgehead atoms. The van der Waals surface area contributed by atoms with Crippen molar-refractivity contribution in [2.75, 3.05) is 0 Å². The lowest BCUT2D eigenvalue weighted by Crippen LogP contribution is -1.99. The van der Waals surface area contributed by atoms with Crippen LogP contribution in [0.3, 0.4) is 0 Å². The molecule has 0 saturated carbocycles. The van der Waals surface area contributed by atoms with Gasteiger partial charge in [-0.2, -0.15) is 0 Å². The molecule has 0 unspecified atom stereocenters. The third-order valence-corrected chi connectivity index (χ3v) is 3.99. The highest BCUT2D eigenvalue weighted by molar-refractivity contribution is 5.80. The van der Waals surface area contributed by atoms with Crippen LogP contribution in [0, 0.1) is 0 Å². The number of aromatic hydroxyl groups is 1. The number of hydrogen-bond acceptors (Lipinski definition) is 3. The Morgan fingerprint density at radius 1 is 0.708 bits per heavy atom. The van der Waals surface area contributed by atoms with E-state index in [2.05, 4.69) is 0 Å². The molecule has 1 aromatic heterocycles. The molecule has 0 aliphatic rings. The molecule has 3 heteroatoms. The number of phenols is 1. The van der Waals surface area contributed by atoms with Gasteiger partial charge >= 0.3 is 0 Å². The summed E-state index contributed by atoms with van der Waals surface area (Å²) >= 11 is 0. The molecule has 0 atom stereocenters. The van der Waals surface area contributed by atoms with Crippen LogP contribution in [0.5, 0.6) is 5.75 Å². The van der Waals surface area contributed by atoms with Gasteiger partial charge in [0.2, 0.25) is 0 Å². The van der Waals surface area contributed by atoms with E-state index in [-0.39, 0.29) is 11.2 Å². The first-order valence-corrected chi connectivity index (χ1v) is 7.63. The number of rotatable bonds is 2. The van der Waals surface area contributed by atoms with Gasteiger partial charge in [-0.25, -0.2) is 0 Å². The molecule has 4 rings (SSSR count). The normalized spacial score (nSPS) is 10.8. The maximum atomic E-state index is 12.2. The zero-order valence-corrected chi connectivity index (χ0v) is 12.8. The topological polar surface area (TPSA) is 50.4 Å². The molecule has 0 saturated heterocycles. The van der Waals surface area contributed by atoms with E-state index < -0.39 is 0 Å². The van der Waals surface area contributed by atoms with E-state index in [1.165, 1.54) is 18.2 Å². The third-order valence-electron chi connectivity index (χ3n) is 3.99. The van der Waals surface area contributed by atoms with E-state index in [0.29, 0.717) is 16.7 Å². The number of benzene rings is 3. The van der Waals surface area contributed by atoms with Crippen LogP contribution in [0.4, 0.5) is 0 Å². The Balaban J connectivity index is 1.79. The summed E-state index contributed by atoms with van der Waals surface area (Å²) in [6, 6.07) is 23.9. The number of hydrogen-bond donors (Lipinski definition) is 1. The lowest BCUT2D eigenvalue weighted by Gasteiger charge is -2.06. The molecule has 3 nitrogen and oxygen atoms in total. The molecule has 0 spiro atoms. The molecule has 0 aliphatic carbocycles. The van der Waals surface area contributed by atoms with Gasteiger partial charge in [0.05, 0.1) is 5.39 Å². The SMILES string of the molecule is O=c1cc(-c2ccc(-c3ccccc3)cc2)oc2cc(O)ccc12. The average Bonchev–Trinajstić information content (AvgIpc) is 2.62. The van der Waals surface area contributed by atoms with Crippen LogP contribution in [0.15, 0.2) is 88.1 Å². The molecule has 0 fully saturated rings. The quantitative estimate of drug-likeness (QED) is 0.576. The van der Waals surface area contributed by atoms with E-state index in [1.807, 2.05) is 54.6 Å². The van der Waals surface area contributed by atoms with Gasteiger partial charge in [-0.3, -0.25) is 4.79 Å². The predicted octanol–water partition coefficient (Wildman–Crippen LogP) is 4.83. The van der Waals surface area contributed by atoms with E-state index in [4.69, 9.17) is 4.42 Å². The fourth-order valence-electron chi connectivity index (χ4n) is 2.74. The Kier molecular flexibility index (Phi) is 3.39. The van der Waals surface area contributed by atoms with Crippen molar-refractivity contribution in [2.45, 2.75) is 0 Å². The first kappa shape index (κ1) is 14.3.